The Bertz CT molecular complexity index is 1160. The summed E-state index contributed by atoms with van der Waals surface area (Å²) in [6.45, 7) is 2.43. The van der Waals surface area contributed by atoms with Crippen molar-refractivity contribution < 1.29 is 4.79 Å². The first-order valence-corrected chi connectivity index (χ1v) is 10.7. The molecule has 2 heterocycles. The standard InChI is InChI=1S/C22H24Cl2N4O2/c1-26-19-6-5-17(12-20(19)27(2)22(26)30)25-21(29)14-7-9-28(10-8-14)13-15-3-4-16(23)11-18(15)24/h3-6,11-12,14H,7-10,13H2,1-2H3,(H,25,29). The molecular formula is C22H24Cl2N4O2. The first-order chi connectivity index (χ1) is 14.3. The second-order valence-corrected chi connectivity index (χ2v) is 8.72. The Morgan fingerprint density at radius 1 is 1.03 bits per heavy atom. The lowest BCUT2D eigenvalue weighted by Crippen LogP contribution is -2.37. The fourth-order valence-corrected chi connectivity index (χ4v) is 4.54. The van der Waals surface area contributed by atoms with E-state index >= 15 is 0 Å². The highest BCUT2D eigenvalue weighted by Crippen LogP contribution is 2.26. The minimum absolute atomic E-state index is 0.0273. The van der Waals surface area contributed by atoms with Crippen molar-refractivity contribution in [3.05, 3.63) is 62.5 Å². The zero-order chi connectivity index (χ0) is 21.4. The van der Waals surface area contributed by atoms with Gasteiger partial charge in [-0.25, -0.2) is 4.79 Å². The average molecular weight is 447 g/mol. The molecule has 4 rings (SSSR count). The van der Waals surface area contributed by atoms with Crippen LogP contribution in [-0.4, -0.2) is 33.0 Å². The van der Waals surface area contributed by atoms with Gasteiger partial charge in [-0.1, -0.05) is 29.3 Å². The maximum atomic E-state index is 12.8. The summed E-state index contributed by atoms with van der Waals surface area (Å²) in [5, 5.41) is 4.33. The summed E-state index contributed by atoms with van der Waals surface area (Å²) in [5.74, 6) is -0.00307. The van der Waals surface area contributed by atoms with Crippen LogP contribution in [0.3, 0.4) is 0 Å². The molecule has 158 valence electrons. The van der Waals surface area contributed by atoms with Gasteiger partial charge in [0.1, 0.15) is 0 Å². The van der Waals surface area contributed by atoms with Crippen LogP contribution in [0, 0.1) is 5.92 Å². The van der Waals surface area contributed by atoms with Crippen molar-refractivity contribution in [3.8, 4) is 0 Å². The number of imidazole rings is 1. The number of halogens is 2. The molecule has 1 aliphatic heterocycles. The molecule has 1 saturated heterocycles. The Hall–Kier alpha value is -2.28. The van der Waals surface area contributed by atoms with Crippen molar-refractivity contribution in [1.82, 2.24) is 14.0 Å². The molecular weight excluding hydrogens is 423 g/mol. The first kappa shape index (κ1) is 21.0. The van der Waals surface area contributed by atoms with Crippen LogP contribution in [0.1, 0.15) is 18.4 Å². The summed E-state index contributed by atoms with van der Waals surface area (Å²) < 4.78 is 3.19. The highest BCUT2D eigenvalue weighted by Gasteiger charge is 2.25. The second-order valence-electron chi connectivity index (χ2n) is 7.88. The molecule has 0 spiro atoms. The van der Waals surface area contributed by atoms with Gasteiger partial charge >= 0.3 is 5.69 Å². The second kappa shape index (κ2) is 8.46. The highest BCUT2D eigenvalue weighted by atomic mass is 35.5. The summed E-state index contributed by atoms with van der Waals surface area (Å²) in [6.07, 6.45) is 1.59. The fraction of sp³-hybridized carbons (Fsp3) is 0.364. The molecule has 2 aromatic carbocycles. The summed E-state index contributed by atoms with van der Waals surface area (Å²) in [6, 6.07) is 11.1. The monoisotopic (exact) mass is 446 g/mol. The molecule has 30 heavy (non-hydrogen) atoms. The molecule has 1 aromatic heterocycles. The lowest BCUT2D eigenvalue weighted by atomic mass is 9.95. The van der Waals surface area contributed by atoms with Crippen LogP contribution in [-0.2, 0) is 25.4 Å². The van der Waals surface area contributed by atoms with Crippen molar-refractivity contribution >= 4 is 45.8 Å². The lowest BCUT2D eigenvalue weighted by Gasteiger charge is -2.31. The molecule has 1 N–H and O–H groups in total. The number of amides is 1. The molecule has 0 aliphatic carbocycles. The van der Waals surface area contributed by atoms with E-state index in [0.29, 0.717) is 15.7 Å². The molecule has 0 radical (unpaired) electrons. The van der Waals surface area contributed by atoms with E-state index in [1.165, 1.54) is 0 Å². The number of hydrogen-bond acceptors (Lipinski definition) is 3. The Morgan fingerprint density at radius 2 is 1.73 bits per heavy atom. The van der Waals surface area contributed by atoms with E-state index in [0.717, 1.165) is 49.1 Å². The Kier molecular flexibility index (Phi) is 5.91. The number of nitrogens with one attached hydrogen (secondary N) is 1. The van der Waals surface area contributed by atoms with E-state index in [4.69, 9.17) is 23.2 Å². The molecule has 3 aromatic rings. The third-order valence-electron chi connectivity index (χ3n) is 5.91. The number of nitrogens with zero attached hydrogens (tertiary/aromatic N) is 3. The molecule has 1 aliphatic rings. The van der Waals surface area contributed by atoms with Gasteiger partial charge in [0.15, 0.2) is 0 Å². The van der Waals surface area contributed by atoms with E-state index in [1.54, 1.807) is 29.3 Å². The van der Waals surface area contributed by atoms with Crippen molar-refractivity contribution in [2.45, 2.75) is 19.4 Å². The third-order valence-corrected chi connectivity index (χ3v) is 6.49. The number of fused-ring (bicyclic) bond motifs is 1. The molecule has 8 heteroatoms. The number of anilines is 1. The Balaban J connectivity index is 1.37. The molecule has 1 amide bonds. The van der Waals surface area contributed by atoms with Gasteiger partial charge in [0.25, 0.3) is 0 Å². The van der Waals surface area contributed by atoms with Gasteiger partial charge in [-0.05, 0) is 61.8 Å². The number of piperidine rings is 1. The molecule has 0 atom stereocenters. The van der Waals surface area contributed by atoms with Crippen LogP contribution in [0.25, 0.3) is 11.0 Å². The topological polar surface area (TPSA) is 59.3 Å². The van der Waals surface area contributed by atoms with Crippen molar-refractivity contribution in [2.75, 3.05) is 18.4 Å². The largest absolute Gasteiger partial charge is 0.328 e. The van der Waals surface area contributed by atoms with Gasteiger partial charge in [-0.2, -0.15) is 0 Å². The number of aromatic nitrogens is 2. The number of rotatable bonds is 4. The number of aryl methyl sites for hydroxylation is 2. The molecule has 0 unspecified atom stereocenters. The SMILES string of the molecule is Cn1c(=O)n(C)c2cc(NC(=O)C3CCN(Cc4ccc(Cl)cc4Cl)CC3)ccc21. The summed E-state index contributed by atoms with van der Waals surface area (Å²) in [5.41, 5.74) is 3.32. The molecule has 6 nitrogen and oxygen atoms in total. The predicted molar refractivity (Wildman–Crippen MR) is 121 cm³/mol. The minimum atomic E-state index is -0.0818. The predicted octanol–water partition coefficient (Wildman–Crippen LogP) is 4.03. The van der Waals surface area contributed by atoms with E-state index in [2.05, 4.69) is 10.2 Å². The highest BCUT2D eigenvalue weighted by molar-refractivity contribution is 6.35. The average Bonchev–Trinajstić information content (AvgIpc) is 2.94. The van der Waals surface area contributed by atoms with Gasteiger partial charge < -0.3 is 5.32 Å². The van der Waals surface area contributed by atoms with Crippen LogP contribution >= 0.6 is 23.2 Å². The minimum Gasteiger partial charge on any atom is -0.326 e. The van der Waals surface area contributed by atoms with E-state index in [-0.39, 0.29) is 17.5 Å². The van der Waals surface area contributed by atoms with Gasteiger partial charge in [-0.3, -0.25) is 18.8 Å². The zero-order valence-electron chi connectivity index (χ0n) is 17.0. The van der Waals surface area contributed by atoms with Gasteiger partial charge in [0, 0.05) is 42.3 Å². The number of benzene rings is 2. The summed E-state index contributed by atoms with van der Waals surface area (Å²) in [7, 11) is 3.48. The molecule has 1 fully saturated rings. The van der Waals surface area contributed by atoms with Gasteiger partial charge in [0.05, 0.1) is 11.0 Å². The third kappa shape index (κ3) is 4.13. The molecule has 0 bridgehead atoms. The Morgan fingerprint density at radius 3 is 2.43 bits per heavy atom. The normalized spacial score (nSPS) is 15.6. The number of carbonyl (C=O) groups is 1. The number of hydrogen-bond donors (Lipinski definition) is 1. The summed E-state index contributed by atoms with van der Waals surface area (Å²) >= 11 is 12.3. The van der Waals surface area contributed by atoms with E-state index in [1.807, 2.05) is 30.3 Å². The van der Waals surface area contributed by atoms with Gasteiger partial charge in [-0.15, -0.1) is 0 Å². The quantitative estimate of drug-likeness (QED) is 0.657. The summed E-state index contributed by atoms with van der Waals surface area (Å²) in [4.78, 5) is 27.2. The number of carbonyl (C=O) groups excluding carboxylic acids is 1. The first-order valence-electron chi connectivity index (χ1n) is 9.96. The maximum Gasteiger partial charge on any atom is 0.328 e. The maximum absolute atomic E-state index is 12.8. The van der Waals surface area contributed by atoms with E-state index in [9.17, 15) is 9.59 Å². The van der Waals surface area contributed by atoms with Crippen LogP contribution in [0.2, 0.25) is 10.0 Å². The fourth-order valence-electron chi connectivity index (χ4n) is 4.07. The zero-order valence-corrected chi connectivity index (χ0v) is 18.5. The van der Waals surface area contributed by atoms with Gasteiger partial charge in [0.2, 0.25) is 5.91 Å². The number of likely N-dealkylation sites (tertiary alicyclic amines) is 1. The Labute approximate surface area is 185 Å². The van der Waals surface area contributed by atoms with Crippen molar-refractivity contribution in [1.29, 1.82) is 0 Å². The lowest BCUT2D eigenvalue weighted by molar-refractivity contribution is -0.121. The van der Waals surface area contributed by atoms with Crippen molar-refractivity contribution in [2.24, 2.45) is 20.0 Å². The van der Waals surface area contributed by atoms with E-state index < -0.39 is 0 Å². The van der Waals surface area contributed by atoms with Crippen LogP contribution < -0.4 is 11.0 Å². The van der Waals surface area contributed by atoms with Crippen LogP contribution in [0.4, 0.5) is 5.69 Å². The van der Waals surface area contributed by atoms with Crippen LogP contribution in [0.15, 0.2) is 41.2 Å². The van der Waals surface area contributed by atoms with Crippen LogP contribution in [0.5, 0.6) is 0 Å². The molecule has 0 saturated carbocycles. The smallest absolute Gasteiger partial charge is 0.326 e. The van der Waals surface area contributed by atoms with Crippen molar-refractivity contribution in [3.63, 3.8) is 0 Å².